The second-order valence-electron chi connectivity index (χ2n) is 5.20. The molecule has 0 N–H and O–H groups in total. The van der Waals surface area contributed by atoms with Crippen LogP contribution >= 0.6 is 11.6 Å². The van der Waals surface area contributed by atoms with Crippen LogP contribution in [0.2, 0.25) is 5.02 Å². The molecule has 0 bridgehead atoms. The number of benzene rings is 2. The fourth-order valence-corrected chi connectivity index (χ4v) is 2.80. The molecule has 1 radical (unpaired) electrons. The van der Waals surface area contributed by atoms with E-state index in [2.05, 4.69) is 11.9 Å². The minimum Gasteiger partial charge on any atom is -0.296 e. The molecule has 1 heterocycles. The van der Waals surface area contributed by atoms with Crippen molar-refractivity contribution >= 4 is 22.6 Å². The van der Waals surface area contributed by atoms with Crippen molar-refractivity contribution in [2.24, 2.45) is 0 Å². The lowest BCUT2D eigenvalue weighted by Gasteiger charge is -2.11. The highest BCUT2D eigenvalue weighted by atomic mass is 35.5. The molecule has 0 aliphatic heterocycles. The quantitative estimate of drug-likeness (QED) is 0.608. The molecule has 0 amide bonds. The average Bonchev–Trinajstić information content (AvgIpc) is 2.84. The summed E-state index contributed by atoms with van der Waals surface area (Å²) in [6.07, 6.45) is -3.92. The van der Waals surface area contributed by atoms with Gasteiger partial charge in [-0.3, -0.25) is 4.57 Å². The summed E-state index contributed by atoms with van der Waals surface area (Å²) in [6, 6.07) is 9.72. The van der Waals surface area contributed by atoms with Gasteiger partial charge in [0.2, 0.25) is 0 Å². The van der Waals surface area contributed by atoms with E-state index in [1.165, 1.54) is 6.07 Å². The molecule has 119 valence electrons. The number of nitrogens with zero attached hydrogens (tertiary/aromatic N) is 2. The van der Waals surface area contributed by atoms with Crippen molar-refractivity contribution in [2.45, 2.75) is 19.5 Å². The molecule has 0 aliphatic rings. The fourth-order valence-electron chi connectivity index (χ4n) is 2.54. The predicted octanol–water partition coefficient (Wildman–Crippen LogP) is 5.44. The Labute approximate surface area is 136 Å². The zero-order valence-electron chi connectivity index (χ0n) is 12.3. The Balaban J connectivity index is 2.29. The minimum atomic E-state index is -4.50. The van der Waals surface area contributed by atoms with Gasteiger partial charge in [0.25, 0.3) is 0 Å². The van der Waals surface area contributed by atoms with Crippen molar-refractivity contribution in [3.05, 3.63) is 65.3 Å². The number of aromatic nitrogens is 2. The Bertz CT molecular complexity index is 864. The van der Waals surface area contributed by atoms with E-state index in [1.54, 1.807) is 0 Å². The van der Waals surface area contributed by atoms with Gasteiger partial charge in [-0.1, -0.05) is 30.7 Å². The van der Waals surface area contributed by atoms with Crippen molar-refractivity contribution < 1.29 is 13.2 Å². The largest absolute Gasteiger partial charge is 0.417 e. The van der Waals surface area contributed by atoms with Crippen LogP contribution in [0.15, 0.2) is 36.4 Å². The summed E-state index contributed by atoms with van der Waals surface area (Å²) in [4.78, 5) is 4.33. The average molecular weight is 338 g/mol. The van der Waals surface area contributed by atoms with Crippen LogP contribution in [0.3, 0.4) is 0 Å². The molecule has 0 fully saturated rings. The van der Waals surface area contributed by atoms with Gasteiger partial charge >= 0.3 is 6.18 Å². The molecule has 3 aromatic rings. The Morgan fingerprint density at radius 2 is 1.83 bits per heavy atom. The van der Waals surface area contributed by atoms with Gasteiger partial charge in [-0.15, -0.1) is 0 Å². The third-order valence-electron chi connectivity index (χ3n) is 3.63. The van der Waals surface area contributed by atoms with Crippen LogP contribution in [0.4, 0.5) is 13.2 Å². The number of hydrogen-bond acceptors (Lipinski definition) is 1. The second kappa shape index (κ2) is 5.57. The first-order valence-electron chi connectivity index (χ1n) is 7.01. The summed E-state index contributed by atoms with van der Waals surface area (Å²) in [6.45, 7) is 5.73. The number of rotatable bonds is 2. The van der Waals surface area contributed by atoms with Crippen molar-refractivity contribution in [1.29, 1.82) is 0 Å². The SMILES string of the molecule is [CH2]c1ccc(-n2c(CC)nc3cc(C(F)(F)F)c(Cl)cc32)cc1. The Hall–Kier alpha value is -2.01. The summed E-state index contributed by atoms with van der Waals surface area (Å²) in [7, 11) is 0. The Morgan fingerprint density at radius 1 is 1.17 bits per heavy atom. The van der Waals surface area contributed by atoms with Gasteiger partial charge in [0.1, 0.15) is 5.82 Å². The maximum absolute atomic E-state index is 13.0. The van der Waals surface area contributed by atoms with Crippen molar-refractivity contribution in [1.82, 2.24) is 9.55 Å². The topological polar surface area (TPSA) is 17.8 Å². The molecule has 0 saturated heterocycles. The van der Waals surface area contributed by atoms with Gasteiger partial charge in [0.05, 0.1) is 21.6 Å². The molecule has 2 nitrogen and oxygen atoms in total. The van der Waals surface area contributed by atoms with Crippen LogP contribution in [-0.4, -0.2) is 9.55 Å². The van der Waals surface area contributed by atoms with E-state index < -0.39 is 11.7 Å². The summed E-state index contributed by atoms with van der Waals surface area (Å²) < 4.78 is 40.8. The zero-order valence-corrected chi connectivity index (χ0v) is 13.0. The first kappa shape index (κ1) is 15.9. The molecular weight excluding hydrogens is 325 g/mol. The Kier molecular flexibility index (Phi) is 3.84. The van der Waals surface area contributed by atoms with Crippen LogP contribution in [0.25, 0.3) is 16.7 Å². The molecule has 2 aromatic carbocycles. The predicted molar refractivity (Wildman–Crippen MR) is 84.9 cm³/mol. The van der Waals surface area contributed by atoms with Crippen LogP contribution in [0.5, 0.6) is 0 Å². The molecule has 23 heavy (non-hydrogen) atoms. The smallest absolute Gasteiger partial charge is 0.296 e. The number of imidazole rings is 1. The lowest BCUT2D eigenvalue weighted by molar-refractivity contribution is -0.137. The van der Waals surface area contributed by atoms with Gasteiger partial charge in [0.15, 0.2) is 0 Å². The summed E-state index contributed by atoms with van der Waals surface area (Å²) in [5, 5.41) is -0.331. The standard InChI is InChI=1S/C17H13ClF3N2/c1-3-16-22-14-8-12(17(19,20)21)13(18)9-15(14)23(16)11-6-4-10(2)5-7-11/h4-9H,2-3H2,1H3. The molecule has 0 spiro atoms. The van der Waals surface area contributed by atoms with E-state index in [0.29, 0.717) is 17.8 Å². The van der Waals surface area contributed by atoms with Gasteiger partial charge in [-0.2, -0.15) is 13.2 Å². The van der Waals surface area contributed by atoms with Gasteiger partial charge < -0.3 is 0 Å². The number of fused-ring (bicyclic) bond motifs is 1. The maximum Gasteiger partial charge on any atom is 0.417 e. The normalized spacial score (nSPS) is 12.1. The number of halogens is 4. The van der Waals surface area contributed by atoms with E-state index >= 15 is 0 Å². The Morgan fingerprint density at radius 3 is 2.39 bits per heavy atom. The highest BCUT2D eigenvalue weighted by molar-refractivity contribution is 6.32. The third kappa shape index (κ3) is 2.81. The zero-order chi connectivity index (χ0) is 16.8. The lowest BCUT2D eigenvalue weighted by Crippen LogP contribution is -2.06. The van der Waals surface area contributed by atoms with Crippen molar-refractivity contribution in [3.63, 3.8) is 0 Å². The monoisotopic (exact) mass is 337 g/mol. The van der Waals surface area contributed by atoms with Crippen LogP contribution in [-0.2, 0) is 12.6 Å². The molecule has 6 heteroatoms. The number of aryl methyl sites for hydroxylation is 1. The van der Waals surface area contributed by atoms with Crippen LogP contribution in [0.1, 0.15) is 23.9 Å². The van der Waals surface area contributed by atoms with E-state index in [9.17, 15) is 13.2 Å². The lowest BCUT2D eigenvalue weighted by atomic mass is 10.2. The molecule has 1 aromatic heterocycles. The third-order valence-corrected chi connectivity index (χ3v) is 3.94. The van der Waals surface area contributed by atoms with E-state index in [1.807, 2.05) is 35.8 Å². The second-order valence-corrected chi connectivity index (χ2v) is 5.61. The molecule has 0 unspecified atom stereocenters. The number of alkyl halides is 3. The molecular formula is C17H13ClF3N2. The first-order valence-corrected chi connectivity index (χ1v) is 7.39. The molecule has 0 atom stereocenters. The molecule has 3 rings (SSSR count). The van der Waals surface area contributed by atoms with E-state index in [0.717, 1.165) is 17.3 Å². The summed E-state index contributed by atoms with van der Waals surface area (Å²) >= 11 is 5.85. The van der Waals surface area contributed by atoms with E-state index in [4.69, 9.17) is 11.6 Å². The van der Waals surface area contributed by atoms with Crippen LogP contribution in [0, 0.1) is 6.92 Å². The van der Waals surface area contributed by atoms with Gasteiger partial charge in [-0.05, 0) is 36.8 Å². The highest BCUT2D eigenvalue weighted by Crippen LogP contribution is 2.37. The fraction of sp³-hybridized carbons (Fsp3) is 0.176. The number of hydrogen-bond donors (Lipinski definition) is 0. The highest BCUT2D eigenvalue weighted by Gasteiger charge is 2.34. The van der Waals surface area contributed by atoms with Gasteiger partial charge in [0, 0.05) is 12.1 Å². The van der Waals surface area contributed by atoms with E-state index in [-0.39, 0.29) is 10.5 Å². The summed E-state index contributed by atoms with van der Waals surface area (Å²) in [5.41, 5.74) is 1.63. The minimum absolute atomic E-state index is 0.275. The van der Waals surface area contributed by atoms with Gasteiger partial charge in [-0.25, -0.2) is 4.98 Å². The van der Waals surface area contributed by atoms with Crippen molar-refractivity contribution in [3.8, 4) is 5.69 Å². The molecule has 0 aliphatic carbocycles. The summed E-state index contributed by atoms with van der Waals surface area (Å²) in [5.74, 6) is 0.673. The maximum atomic E-state index is 13.0. The van der Waals surface area contributed by atoms with Crippen molar-refractivity contribution in [2.75, 3.05) is 0 Å². The first-order chi connectivity index (χ1) is 10.8. The molecule has 0 saturated carbocycles. The van der Waals surface area contributed by atoms with Crippen LogP contribution < -0.4 is 0 Å².